The fourth-order valence-electron chi connectivity index (χ4n) is 5.01. The molecule has 2 aliphatic rings. The number of nitrogens with two attached hydrogens (primary N) is 1. The van der Waals surface area contributed by atoms with Gasteiger partial charge in [0.1, 0.15) is 0 Å². The standard InChI is InChI=1S/C18H36NP/c1-13-5-7-17(15(3)11-13)20(10-9-19)18-8-6-14(2)12-16(18)4/h13-18H,5-12,19H2,1-4H3. The van der Waals surface area contributed by atoms with Crippen LogP contribution < -0.4 is 5.73 Å². The summed E-state index contributed by atoms with van der Waals surface area (Å²) in [5.74, 6) is 3.81. The highest BCUT2D eigenvalue weighted by Crippen LogP contribution is 2.59. The van der Waals surface area contributed by atoms with Crippen LogP contribution in [0.5, 0.6) is 0 Å². The summed E-state index contributed by atoms with van der Waals surface area (Å²) in [6.45, 7) is 10.9. The summed E-state index contributed by atoms with van der Waals surface area (Å²) < 4.78 is 0. The molecule has 0 aromatic heterocycles. The summed E-state index contributed by atoms with van der Waals surface area (Å²) in [5.41, 5.74) is 8.04. The van der Waals surface area contributed by atoms with Crippen molar-refractivity contribution in [2.45, 2.75) is 77.5 Å². The second-order valence-electron chi connectivity index (χ2n) is 7.95. The average Bonchev–Trinajstić information content (AvgIpc) is 2.37. The van der Waals surface area contributed by atoms with Crippen LogP contribution in [0, 0.1) is 23.7 Å². The SMILES string of the molecule is CC1CCC(P(CCN)C2CCC(C)CC2C)C(C)C1. The van der Waals surface area contributed by atoms with E-state index in [0.717, 1.165) is 41.5 Å². The minimum absolute atomic E-state index is 0.161. The highest BCUT2D eigenvalue weighted by molar-refractivity contribution is 7.59. The molecule has 0 radical (unpaired) electrons. The zero-order chi connectivity index (χ0) is 14.7. The van der Waals surface area contributed by atoms with Gasteiger partial charge >= 0.3 is 0 Å². The van der Waals surface area contributed by atoms with E-state index in [2.05, 4.69) is 27.7 Å². The van der Waals surface area contributed by atoms with E-state index in [-0.39, 0.29) is 7.92 Å². The molecule has 118 valence electrons. The highest BCUT2D eigenvalue weighted by Gasteiger charge is 2.38. The molecule has 0 bridgehead atoms. The van der Waals surface area contributed by atoms with E-state index in [1.165, 1.54) is 44.7 Å². The second-order valence-corrected chi connectivity index (χ2v) is 10.8. The van der Waals surface area contributed by atoms with Crippen LogP contribution in [0.2, 0.25) is 0 Å². The molecule has 2 rings (SSSR count). The molecule has 2 fully saturated rings. The van der Waals surface area contributed by atoms with Crippen LogP contribution in [0.3, 0.4) is 0 Å². The molecule has 2 N–H and O–H groups in total. The van der Waals surface area contributed by atoms with Crippen molar-refractivity contribution in [3.05, 3.63) is 0 Å². The minimum Gasteiger partial charge on any atom is -0.330 e. The predicted octanol–water partition coefficient (Wildman–Crippen LogP) is 5.08. The largest absolute Gasteiger partial charge is 0.330 e. The van der Waals surface area contributed by atoms with Crippen molar-refractivity contribution in [2.75, 3.05) is 12.7 Å². The Morgan fingerprint density at radius 3 is 1.60 bits per heavy atom. The van der Waals surface area contributed by atoms with Crippen molar-refractivity contribution in [3.63, 3.8) is 0 Å². The molecule has 0 aliphatic heterocycles. The molecular formula is C18H36NP. The number of hydrogen-bond donors (Lipinski definition) is 1. The van der Waals surface area contributed by atoms with Crippen LogP contribution in [0.4, 0.5) is 0 Å². The van der Waals surface area contributed by atoms with Crippen molar-refractivity contribution in [2.24, 2.45) is 29.4 Å². The Morgan fingerprint density at radius 1 is 0.800 bits per heavy atom. The lowest BCUT2D eigenvalue weighted by molar-refractivity contribution is 0.288. The van der Waals surface area contributed by atoms with Gasteiger partial charge in [0.25, 0.3) is 0 Å². The first kappa shape index (κ1) is 16.8. The Labute approximate surface area is 128 Å². The van der Waals surface area contributed by atoms with E-state index in [1.54, 1.807) is 0 Å². The molecule has 2 saturated carbocycles. The normalized spacial score (nSPS) is 44.2. The monoisotopic (exact) mass is 297 g/mol. The topological polar surface area (TPSA) is 26.0 Å². The molecule has 1 nitrogen and oxygen atoms in total. The first-order valence-electron chi connectivity index (χ1n) is 8.98. The van der Waals surface area contributed by atoms with Crippen molar-refractivity contribution in [1.29, 1.82) is 0 Å². The van der Waals surface area contributed by atoms with Crippen LogP contribution in [-0.4, -0.2) is 24.0 Å². The van der Waals surface area contributed by atoms with E-state index in [4.69, 9.17) is 5.73 Å². The summed E-state index contributed by atoms with van der Waals surface area (Å²) in [5, 5.41) is 0. The van der Waals surface area contributed by atoms with Gasteiger partial charge in [-0.1, -0.05) is 48.5 Å². The molecule has 2 heteroatoms. The first-order chi connectivity index (χ1) is 9.52. The minimum atomic E-state index is 0.161. The third kappa shape index (κ3) is 3.98. The Morgan fingerprint density at radius 2 is 1.25 bits per heavy atom. The molecule has 0 spiro atoms. The quantitative estimate of drug-likeness (QED) is 0.720. The highest BCUT2D eigenvalue weighted by atomic mass is 31.1. The van der Waals surface area contributed by atoms with Crippen molar-refractivity contribution in [1.82, 2.24) is 0 Å². The van der Waals surface area contributed by atoms with Gasteiger partial charge in [-0.05, 0) is 73.4 Å². The first-order valence-corrected chi connectivity index (χ1v) is 10.6. The van der Waals surface area contributed by atoms with Gasteiger partial charge in [0.15, 0.2) is 0 Å². The summed E-state index contributed by atoms with van der Waals surface area (Å²) in [7, 11) is 0.161. The molecule has 0 heterocycles. The van der Waals surface area contributed by atoms with Crippen LogP contribution in [-0.2, 0) is 0 Å². The maximum atomic E-state index is 6.00. The van der Waals surface area contributed by atoms with Crippen LogP contribution in [0.1, 0.15) is 66.2 Å². The Bertz CT molecular complexity index is 267. The van der Waals surface area contributed by atoms with Crippen molar-refractivity contribution in [3.8, 4) is 0 Å². The lowest BCUT2D eigenvalue weighted by atomic mass is 9.82. The van der Waals surface area contributed by atoms with Crippen molar-refractivity contribution < 1.29 is 0 Å². The van der Waals surface area contributed by atoms with Gasteiger partial charge in [-0.2, -0.15) is 0 Å². The molecule has 0 saturated heterocycles. The van der Waals surface area contributed by atoms with E-state index >= 15 is 0 Å². The lowest BCUT2D eigenvalue weighted by Gasteiger charge is -2.46. The molecule has 20 heavy (non-hydrogen) atoms. The van der Waals surface area contributed by atoms with Gasteiger partial charge in [-0.15, -0.1) is 0 Å². The van der Waals surface area contributed by atoms with Gasteiger partial charge < -0.3 is 5.73 Å². The Kier molecular flexibility index (Phi) is 6.36. The summed E-state index contributed by atoms with van der Waals surface area (Å²) >= 11 is 0. The van der Waals surface area contributed by atoms with Gasteiger partial charge in [0.2, 0.25) is 0 Å². The zero-order valence-electron chi connectivity index (χ0n) is 14.1. The number of hydrogen-bond acceptors (Lipinski definition) is 1. The molecule has 0 amide bonds. The maximum absolute atomic E-state index is 6.00. The zero-order valence-corrected chi connectivity index (χ0v) is 15.0. The predicted molar refractivity (Wildman–Crippen MR) is 92.8 cm³/mol. The van der Waals surface area contributed by atoms with Gasteiger partial charge in [0.05, 0.1) is 0 Å². The van der Waals surface area contributed by atoms with Gasteiger partial charge in [0, 0.05) is 0 Å². The fourth-order valence-corrected chi connectivity index (χ4v) is 8.98. The van der Waals surface area contributed by atoms with E-state index < -0.39 is 0 Å². The Hall–Kier alpha value is 0.390. The summed E-state index contributed by atoms with van der Waals surface area (Å²) in [6, 6.07) is 0. The molecule has 0 aromatic rings. The summed E-state index contributed by atoms with van der Waals surface area (Å²) in [6.07, 6.45) is 10.2. The van der Waals surface area contributed by atoms with E-state index in [0.29, 0.717) is 0 Å². The third-order valence-corrected chi connectivity index (χ3v) is 10.0. The van der Waals surface area contributed by atoms with Gasteiger partial charge in [-0.3, -0.25) is 0 Å². The smallest absolute Gasteiger partial charge is 0.00376 e. The van der Waals surface area contributed by atoms with Gasteiger partial charge in [-0.25, -0.2) is 0 Å². The maximum Gasteiger partial charge on any atom is -0.00376 e. The van der Waals surface area contributed by atoms with Crippen LogP contribution >= 0.6 is 7.92 Å². The molecule has 0 aromatic carbocycles. The Balaban J connectivity index is 2.06. The van der Waals surface area contributed by atoms with E-state index in [1.807, 2.05) is 0 Å². The molecule has 6 atom stereocenters. The molecular weight excluding hydrogens is 261 g/mol. The lowest BCUT2D eigenvalue weighted by Crippen LogP contribution is -2.34. The van der Waals surface area contributed by atoms with E-state index in [9.17, 15) is 0 Å². The average molecular weight is 297 g/mol. The van der Waals surface area contributed by atoms with Crippen LogP contribution in [0.15, 0.2) is 0 Å². The fraction of sp³-hybridized carbons (Fsp3) is 1.00. The summed E-state index contributed by atoms with van der Waals surface area (Å²) in [4.78, 5) is 0. The third-order valence-electron chi connectivity index (χ3n) is 6.01. The number of rotatable bonds is 4. The molecule has 2 aliphatic carbocycles. The van der Waals surface area contributed by atoms with Crippen LogP contribution in [0.25, 0.3) is 0 Å². The van der Waals surface area contributed by atoms with Crippen molar-refractivity contribution >= 4 is 7.92 Å². The second kappa shape index (κ2) is 7.59. The molecule has 6 unspecified atom stereocenters.